The third kappa shape index (κ3) is 4.97. The molecular weight excluding hydrogens is 296 g/mol. The summed E-state index contributed by atoms with van der Waals surface area (Å²) in [6.45, 7) is 8.21. The van der Waals surface area contributed by atoms with E-state index < -0.39 is 0 Å². The van der Waals surface area contributed by atoms with Crippen molar-refractivity contribution in [2.24, 2.45) is 0 Å². The van der Waals surface area contributed by atoms with Crippen LogP contribution in [0.1, 0.15) is 31.0 Å². The van der Waals surface area contributed by atoms with Crippen LogP contribution in [0.15, 0.2) is 4.52 Å². The molecule has 0 radical (unpaired) electrons. The lowest BCUT2D eigenvalue weighted by Crippen LogP contribution is -2.35. The first-order chi connectivity index (χ1) is 11.2. The third-order valence-electron chi connectivity index (χ3n) is 4.71. The van der Waals surface area contributed by atoms with Gasteiger partial charge in [-0.2, -0.15) is 4.98 Å². The maximum Gasteiger partial charge on any atom is 0.223 e. The van der Waals surface area contributed by atoms with Crippen LogP contribution in [0.3, 0.4) is 0 Å². The fourth-order valence-corrected chi connectivity index (χ4v) is 3.32. The van der Waals surface area contributed by atoms with Crippen molar-refractivity contribution in [2.75, 3.05) is 46.5 Å². The lowest BCUT2D eigenvalue weighted by atomic mass is 10.2. The highest BCUT2D eigenvalue weighted by atomic mass is 16.5. The van der Waals surface area contributed by atoms with E-state index in [0.29, 0.717) is 18.0 Å². The smallest absolute Gasteiger partial charge is 0.223 e. The summed E-state index contributed by atoms with van der Waals surface area (Å²) in [5.74, 6) is 1.40. The van der Waals surface area contributed by atoms with Crippen LogP contribution in [0, 0.1) is 6.92 Å². The first-order valence-corrected chi connectivity index (χ1v) is 8.62. The summed E-state index contributed by atoms with van der Waals surface area (Å²) in [7, 11) is 2.13. The Labute approximate surface area is 137 Å². The molecule has 0 bridgehead atoms. The number of hydrogen-bond donors (Lipinski definition) is 0. The van der Waals surface area contributed by atoms with Crippen LogP contribution in [-0.2, 0) is 16.0 Å². The summed E-state index contributed by atoms with van der Waals surface area (Å²) in [6, 6.07) is 0.548. The molecule has 1 aromatic rings. The minimum absolute atomic E-state index is 0.325. The molecule has 0 spiro atoms. The van der Waals surface area contributed by atoms with Crippen molar-refractivity contribution in [3.05, 3.63) is 11.7 Å². The molecule has 7 nitrogen and oxygen atoms in total. The van der Waals surface area contributed by atoms with E-state index in [-0.39, 0.29) is 0 Å². The minimum Gasteiger partial charge on any atom is -0.377 e. The average Bonchev–Trinajstić information content (AvgIpc) is 3.25. The second-order valence-corrected chi connectivity index (χ2v) is 6.60. The van der Waals surface area contributed by atoms with E-state index in [2.05, 4.69) is 27.0 Å². The Balaban J connectivity index is 1.31. The zero-order valence-electron chi connectivity index (χ0n) is 14.2. The molecule has 0 amide bonds. The average molecular weight is 324 g/mol. The second kappa shape index (κ2) is 8.19. The van der Waals surface area contributed by atoms with Crippen molar-refractivity contribution in [2.45, 2.75) is 44.9 Å². The standard InChI is InChI=1S/C16H28N4O3/c1-13-17-16(18-23-13)11-19(2)14-5-6-20(10-14)7-9-21-12-15-4-3-8-22-15/h14-15H,3-12H2,1-2H3/t14-,15+/m0/s1. The monoisotopic (exact) mass is 324 g/mol. The molecule has 3 heterocycles. The summed E-state index contributed by atoms with van der Waals surface area (Å²) in [6.07, 6.45) is 3.82. The molecule has 0 aromatic carbocycles. The lowest BCUT2D eigenvalue weighted by Gasteiger charge is -2.23. The van der Waals surface area contributed by atoms with Gasteiger partial charge in [0.25, 0.3) is 0 Å². The number of nitrogens with zero attached hydrogens (tertiary/aromatic N) is 4. The maximum atomic E-state index is 5.76. The number of rotatable bonds is 8. The summed E-state index contributed by atoms with van der Waals surface area (Å²) < 4.78 is 16.4. The van der Waals surface area contributed by atoms with Gasteiger partial charge in [0.1, 0.15) is 0 Å². The highest BCUT2D eigenvalue weighted by molar-refractivity contribution is 4.88. The normalized spacial score (nSPS) is 25.7. The van der Waals surface area contributed by atoms with Gasteiger partial charge in [0, 0.05) is 32.7 Å². The van der Waals surface area contributed by atoms with Gasteiger partial charge in [0.05, 0.1) is 25.9 Å². The fourth-order valence-electron chi connectivity index (χ4n) is 3.32. The van der Waals surface area contributed by atoms with Gasteiger partial charge < -0.3 is 14.0 Å². The Morgan fingerprint density at radius 1 is 1.39 bits per heavy atom. The quantitative estimate of drug-likeness (QED) is 0.663. The van der Waals surface area contributed by atoms with Gasteiger partial charge in [0.2, 0.25) is 5.89 Å². The Hall–Kier alpha value is -1.02. The number of hydrogen-bond acceptors (Lipinski definition) is 7. The first-order valence-electron chi connectivity index (χ1n) is 8.62. The SMILES string of the molecule is Cc1nc(CN(C)[C@H]2CCN(CCOC[C@H]3CCCO3)C2)no1. The molecule has 2 aliphatic heterocycles. The third-order valence-corrected chi connectivity index (χ3v) is 4.71. The molecule has 0 saturated carbocycles. The first kappa shape index (κ1) is 16.8. The van der Waals surface area contributed by atoms with Crippen LogP contribution in [0.4, 0.5) is 0 Å². The Bertz CT molecular complexity index is 476. The second-order valence-electron chi connectivity index (χ2n) is 6.60. The molecule has 2 saturated heterocycles. The molecule has 3 rings (SSSR count). The van der Waals surface area contributed by atoms with E-state index in [1.165, 1.54) is 12.8 Å². The van der Waals surface area contributed by atoms with Crippen molar-refractivity contribution in [1.82, 2.24) is 19.9 Å². The molecule has 0 unspecified atom stereocenters. The van der Waals surface area contributed by atoms with Crippen molar-refractivity contribution < 1.29 is 14.0 Å². The van der Waals surface area contributed by atoms with Crippen LogP contribution in [0.2, 0.25) is 0 Å². The minimum atomic E-state index is 0.325. The summed E-state index contributed by atoms with van der Waals surface area (Å²) in [4.78, 5) is 9.06. The van der Waals surface area contributed by atoms with Gasteiger partial charge in [-0.15, -0.1) is 0 Å². The van der Waals surface area contributed by atoms with Crippen molar-refractivity contribution >= 4 is 0 Å². The summed E-state index contributed by atoms with van der Waals surface area (Å²) in [5.41, 5.74) is 0. The molecule has 23 heavy (non-hydrogen) atoms. The van der Waals surface area contributed by atoms with Crippen LogP contribution in [-0.4, -0.2) is 78.6 Å². The van der Waals surface area contributed by atoms with E-state index in [1.54, 1.807) is 0 Å². The van der Waals surface area contributed by atoms with Crippen molar-refractivity contribution in [1.29, 1.82) is 0 Å². The fraction of sp³-hybridized carbons (Fsp3) is 0.875. The largest absolute Gasteiger partial charge is 0.377 e. The molecule has 7 heteroatoms. The number of likely N-dealkylation sites (N-methyl/N-ethyl adjacent to an activating group) is 1. The molecule has 2 aliphatic rings. The molecular formula is C16H28N4O3. The van der Waals surface area contributed by atoms with E-state index in [4.69, 9.17) is 14.0 Å². The van der Waals surface area contributed by atoms with E-state index in [1.807, 2.05) is 6.92 Å². The zero-order valence-corrected chi connectivity index (χ0v) is 14.2. The number of aryl methyl sites for hydroxylation is 1. The van der Waals surface area contributed by atoms with Crippen molar-refractivity contribution in [3.63, 3.8) is 0 Å². The highest BCUT2D eigenvalue weighted by Crippen LogP contribution is 2.16. The molecule has 0 aliphatic carbocycles. The summed E-state index contributed by atoms with van der Waals surface area (Å²) in [5, 5.41) is 3.97. The predicted molar refractivity (Wildman–Crippen MR) is 85.1 cm³/mol. The van der Waals surface area contributed by atoms with E-state index in [0.717, 1.165) is 58.2 Å². The van der Waals surface area contributed by atoms with Gasteiger partial charge in [0.15, 0.2) is 5.82 Å². The topological polar surface area (TPSA) is 63.9 Å². The molecule has 130 valence electrons. The predicted octanol–water partition coefficient (Wildman–Crippen LogP) is 1.08. The highest BCUT2D eigenvalue weighted by Gasteiger charge is 2.26. The van der Waals surface area contributed by atoms with Gasteiger partial charge in [-0.25, -0.2) is 0 Å². The van der Waals surface area contributed by atoms with Gasteiger partial charge in [-0.3, -0.25) is 9.80 Å². The number of ether oxygens (including phenoxy) is 2. The molecule has 2 atom stereocenters. The Morgan fingerprint density at radius 3 is 3.04 bits per heavy atom. The van der Waals surface area contributed by atoms with Crippen molar-refractivity contribution in [3.8, 4) is 0 Å². The Kier molecular flexibility index (Phi) is 5.99. The van der Waals surface area contributed by atoms with Crippen LogP contribution in [0.5, 0.6) is 0 Å². The number of likely N-dealkylation sites (tertiary alicyclic amines) is 1. The zero-order chi connectivity index (χ0) is 16.1. The van der Waals surface area contributed by atoms with E-state index in [9.17, 15) is 0 Å². The Morgan fingerprint density at radius 2 is 2.30 bits per heavy atom. The van der Waals surface area contributed by atoms with Gasteiger partial charge in [-0.05, 0) is 32.9 Å². The maximum absolute atomic E-state index is 5.76. The van der Waals surface area contributed by atoms with Gasteiger partial charge in [-0.1, -0.05) is 5.16 Å². The van der Waals surface area contributed by atoms with Crippen LogP contribution in [0.25, 0.3) is 0 Å². The van der Waals surface area contributed by atoms with Crippen LogP contribution >= 0.6 is 0 Å². The molecule has 1 aromatic heterocycles. The van der Waals surface area contributed by atoms with E-state index >= 15 is 0 Å². The summed E-state index contributed by atoms with van der Waals surface area (Å²) >= 11 is 0. The lowest BCUT2D eigenvalue weighted by molar-refractivity contribution is 0.0116. The van der Waals surface area contributed by atoms with Gasteiger partial charge >= 0.3 is 0 Å². The number of aromatic nitrogens is 2. The molecule has 2 fully saturated rings. The van der Waals surface area contributed by atoms with Crippen LogP contribution < -0.4 is 0 Å². The molecule has 0 N–H and O–H groups in total.